The van der Waals surface area contributed by atoms with E-state index < -0.39 is 6.04 Å². The molecular formula is C13H23N3O2. The average molecular weight is 253 g/mol. The van der Waals surface area contributed by atoms with E-state index in [9.17, 15) is 9.59 Å². The van der Waals surface area contributed by atoms with Gasteiger partial charge in [0.05, 0.1) is 5.92 Å². The fraction of sp³-hybridized carbons (Fsp3) is 0.846. The van der Waals surface area contributed by atoms with Gasteiger partial charge in [0.1, 0.15) is 6.04 Å². The van der Waals surface area contributed by atoms with Crippen LogP contribution in [0.3, 0.4) is 0 Å². The summed E-state index contributed by atoms with van der Waals surface area (Å²) < 4.78 is 0. The quantitative estimate of drug-likeness (QED) is 0.750. The molecule has 2 aliphatic rings. The van der Waals surface area contributed by atoms with Crippen LogP contribution in [0.5, 0.6) is 0 Å². The smallest absolute Gasteiger partial charge is 0.244 e. The van der Waals surface area contributed by atoms with E-state index in [1.807, 2.05) is 4.90 Å². The molecule has 0 saturated carbocycles. The van der Waals surface area contributed by atoms with Crippen molar-refractivity contribution >= 4 is 11.8 Å². The minimum absolute atomic E-state index is 0.0119. The summed E-state index contributed by atoms with van der Waals surface area (Å²) in [4.78, 5) is 25.9. The van der Waals surface area contributed by atoms with Gasteiger partial charge in [-0.25, -0.2) is 0 Å². The lowest BCUT2D eigenvalue weighted by atomic mass is 10.1. The van der Waals surface area contributed by atoms with Crippen molar-refractivity contribution in [2.75, 3.05) is 26.2 Å². The van der Waals surface area contributed by atoms with E-state index in [-0.39, 0.29) is 17.7 Å². The molecule has 2 rings (SSSR count). The van der Waals surface area contributed by atoms with E-state index in [4.69, 9.17) is 0 Å². The molecule has 102 valence electrons. The van der Waals surface area contributed by atoms with E-state index in [0.717, 1.165) is 45.4 Å². The van der Waals surface area contributed by atoms with Crippen molar-refractivity contribution in [1.82, 2.24) is 15.5 Å². The number of rotatable bonds is 3. The summed E-state index contributed by atoms with van der Waals surface area (Å²) in [7, 11) is 0. The molecule has 0 aliphatic carbocycles. The number of carbonyl (C=O) groups is 2. The lowest BCUT2D eigenvalue weighted by Gasteiger charge is -2.29. The Kier molecular flexibility index (Phi) is 4.58. The number of hydrogen-bond donors (Lipinski definition) is 2. The van der Waals surface area contributed by atoms with E-state index in [0.29, 0.717) is 0 Å². The molecular weight excluding hydrogens is 230 g/mol. The Labute approximate surface area is 108 Å². The molecule has 0 aromatic heterocycles. The van der Waals surface area contributed by atoms with Crippen LogP contribution in [0, 0.1) is 5.92 Å². The van der Waals surface area contributed by atoms with Gasteiger partial charge in [-0.2, -0.15) is 0 Å². The first-order valence-corrected chi connectivity index (χ1v) is 6.98. The average Bonchev–Trinajstić information content (AvgIpc) is 2.92. The van der Waals surface area contributed by atoms with Crippen molar-refractivity contribution in [3.8, 4) is 0 Å². The zero-order valence-corrected chi connectivity index (χ0v) is 11.1. The standard InChI is InChI=1S/C13H23N3O2/c1-10(13(18)16-7-3-2-4-8-16)15-12(17)11-5-6-14-9-11/h10-11,14H,2-9H2,1H3,(H,15,17). The minimum Gasteiger partial charge on any atom is -0.344 e. The van der Waals surface area contributed by atoms with Gasteiger partial charge in [0.25, 0.3) is 0 Å². The Morgan fingerprint density at radius 1 is 1.28 bits per heavy atom. The Bertz CT molecular complexity index is 307. The molecule has 0 aromatic carbocycles. The molecule has 2 fully saturated rings. The highest BCUT2D eigenvalue weighted by atomic mass is 16.2. The molecule has 2 amide bonds. The Balaban J connectivity index is 1.80. The number of amides is 2. The van der Waals surface area contributed by atoms with Gasteiger partial charge in [-0.1, -0.05) is 0 Å². The molecule has 2 aliphatic heterocycles. The molecule has 2 atom stereocenters. The van der Waals surface area contributed by atoms with Crippen LogP contribution in [0.2, 0.25) is 0 Å². The van der Waals surface area contributed by atoms with Crippen molar-refractivity contribution in [3.05, 3.63) is 0 Å². The summed E-state index contributed by atoms with van der Waals surface area (Å²) >= 11 is 0. The third-order valence-corrected chi connectivity index (χ3v) is 3.83. The first kappa shape index (κ1) is 13.3. The van der Waals surface area contributed by atoms with Crippen LogP contribution >= 0.6 is 0 Å². The van der Waals surface area contributed by atoms with E-state index in [2.05, 4.69) is 10.6 Å². The van der Waals surface area contributed by atoms with Crippen LogP contribution in [-0.4, -0.2) is 48.9 Å². The summed E-state index contributed by atoms with van der Waals surface area (Å²) in [5, 5.41) is 6.01. The maximum atomic E-state index is 12.1. The molecule has 2 unspecified atom stereocenters. The summed E-state index contributed by atoms with van der Waals surface area (Å²) in [5.41, 5.74) is 0. The van der Waals surface area contributed by atoms with Crippen LogP contribution in [0.1, 0.15) is 32.6 Å². The topological polar surface area (TPSA) is 61.4 Å². The highest BCUT2D eigenvalue weighted by molar-refractivity contribution is 5.88. The largest absolute Gasteiger partial charge is 0.344 e. The van der Waals surface area contributed by atoms with Gasteiger partial charge in [-0.3, -0.25) is 9.59 Å². The SMILES string of the molecule is CC(NC(=O)C1CCNC1)C(=O)N1CCCCC1. The second-order valence-electron chi connectivity index (χ2n) is 5.31. The predicted molar refractivity (Wildman–Crippen MR) is 69.0 cm³/mol. The van der Waals surface area contributed by atoms with Gasteiger partial charge in [0, 0.05) is 19.6 Å². The van der Waals surface area contributed by atoms with E-state index in [1.165, 1.54) is 6.42 Å². The maximum absolute atomic E-state index is 12.1. The fourth-order valence-electron chi connectivity index (χ4n) is 2.66. The number of nitrogens with zero attached hydrogens (tertiary/aromatic N) is 1. The zero-order valence-electron chi connectivity index (χ0n) is 11.1. The van der Waals surface area contributed by atoms with E-state index in [1.54, 1.807) is 6.92 Å². The van der Waals surface area contributed by atoms with Crippen LogP contribution < -0.4 is 10.6 Å². The van der Waals surface area contributed by atoms with Gasteiger partial charge in [0.15, 0.2) is 0 Å². The van der Waals surface area contributed by atoms with Crippen LogP contribution in [0.15, 0.2) is 0 Å². The fourth-order valence-corrected chi connectivity index (χ4v) is 2.66. The first-order chi connectivity index (χ1) is 8.68. The molecule has 2 saturated heterocycles. The normalized spacial score (nSPS) is 25.8. The van der Waals surface area contributed by atoms with Crippen LogP contribution in [-0.2, 0) is 9.59 Å². The molecule has 0 bridgehead atoms. The Hall–Kier alpha value is -1.10. The van der Waals surface area contributed by atoms with Crippen molar-refractivity contribution in [2.45, 2.75) is 38.6 Å². The third kappa shape index (κ3) is 3.22. The van der Waals surface area contributed by atoms with Crippen molar-refractivity contribution < 1.29 is 9.59 Å². The van der Waals surface area contributed by atoms with E-state index >= 15 is 0 Å². The van der Waals surface area contributed by atoms with Crippen LogP contribution in [0.4, 0.5) is 0 Å². The molecule has 5 nitrogen and oxygen atoms in total. The second kappa shape index (κ2) is 6.18. The second-order valence-corrected chi connectivity index (χ2v) is 5.31. The highest BCUT2D eigenvalue weighted by Gasteiger charge is 2.27. The van der Waals surface area contributed by atoms with Gasteiger partial charge in [-0.05, 0) is 39.2 Å². The highest BCUT2D eigenvalue weighted by Crippen LogP contribution is 2.11. The summed E-state index contributed by atoms with van der Waals surface area (Å²) in [5.74, 6) is 0.105. The first-order valence-electron chi connectivity index (χ1n) is 6.98. The summed E-state index contributed by atoms with van der Waals surface area (Å²) in [6, 6.07) is -0.392. The minimum atomic E-state index is -0.392. The zero-order chi connectivity index (χ0) is 13.0. The number of likely N-dealkylation sites (tertiary alicyclic amines) is 1. The molecule has 2 heterocycles. The maximum Gasteiger partial charge on any atom is 0.244 e. The molecule has 0 aromatic rings. The molecule has 0 spiro atoms. The lowest BCUT2D eigenvalue weighted by molar-refractivity contribution is -0.137. The van der Waals surface area contributed by atoms with Gasteiger partial charge in [-0.15, -0.1) is 0 Å². The summed E-state index contributed by atoms with van der Waals surface area (Å²) in [6.45, 7) is 5.09. The van der Waals surface area contributed by atoms with Crippen molar-refractivity contribution in [3.63, 3.8) is 0 Å². The third-order valence-electron chi connectivity index (χ3n) is 3.83. The number of nitrogens with one attached hydrogen (secondary N) is 2. The lowest BCUT2D eigenvalue weighted by Crippen LogP contribution is -2.49. The molecule has 2 N–H and O–H groups in total. The van der Waals surface area contributed by atoms with Crippen LogP contribution in [0.25, 0.3) is 0 Å². The number of hydrogen-bond acceptors (Lipinski definition) is 3. The van der Waals surface area contributed by atoms with Gasteiger partial charge >= 0.3 is 0 Å². The number of piperidine rings is 1. The summed E-state index contributed by atoms with van der Waals surface area (Å²) in [6.07, 6.45) is 4.24. The molecule has 5 heteroatoms. The monoisotopic (exact) mass is 253 g/mol. The van der Waals surface area contributed by atoms with Crippen molar-refractivity contribution in [2.24, 2.45) is 5.92 Å². The van der Waals surface area contributed by atoms with Crippen molar-refractivity contribution in [1.29, 1.82) is 0 Å². The Morgan fingerprint density at radius 2 is 2.00 bits per heavy atom. The van der Waals surface area contributed by atoms with Gasteiger partial charge < -0.3 is 15.5 Å². The Morgan fingerprint density at radius 3 is 2.61 bits per heavy atom. The predicted octanol–water partition coefficient (Wildman–Crippen LogP) is 0.113. The number of carbonyl (C=O) groups excluding carboxylic acids is 2. The molecule has 18 heavy (non-hydrogen) atoms. The van der Waals surface area contributed by atoms with Gasteiger partial charge in [0.2, 0.25) is 11.8 Å². The molecule has 0 radical (unpaired) electrons.